The Bertz CT molecular complexity index is 419. The number of nitrogens with one attached hydrogen (secondary N) is 1. The van der Waals surface area contributed by atoms with E-state index in [0.29, 0.717) is 18.2 Å². The van der Waals surface area contributed by atoms with Crippen molar-refractivity contribution in [2.75, 3.05) is 19.6 Å². The maximum atomic E-state index is 14.0. The van der Waals surface area contributed by atoms with Gasteiger partial charge in [-0.15, -0.1) is 0 Å². The predicted octanol–water partition coefficient (Wildman–Crippen LogP) is 3.83. The number of benzene rings is 1. The highest BCUT2D eigenvalue weighted by Crippen LogP contribution is 2.20. The molecule has 1 saturated heterocycles. The number of halogens is 2. The van der Waals surface area contributed by atoms with Gasteiger partial charge in [0.05, 0.1) is 5.02 Å². The Balaban J connectivity index is 1.98. The third kappa shape index (κ3) is 4.44. The van der Waals surface area contributed by atoms with Crippen molar-refractivity contribution in [3.63, 3.8) is 0 Å². The summed E-state index contributed by atoms with van der Waals surface area (Å²) in [6, 6.07) is 5.80. The van der Waals surface area contributed by atoms with Crippen molar-refractivity contribution >= 4 is 11.6 Å². The summed E-state index contributed by atoms with van der Waals surface area (Å²) in [5.41, 5.74) is 0.696. The second-order valence-corrected chi connectivity index (χ2v) is 6.00. The summed E-state index contributed by atoms with van der Waals surface area (Å²) < 4.78 is 14.0. The van der Waals surface area contributed by atoms with Crippen LogP contribution in [0.3, 0.4) is 0 Å². The average molecular weight is 299 g/mol. The molecule has 20 heavy (non-hydrogen) atoms. The minimum absolute atomic E-state index is 0.217. The van der Waals surface area contributed by atoms with E-state index in [1.807, 2.05) is 12.1 Å². The van der Waals surface area contributed by atoms with Crippen LogP contribution in [0, 0.1) is 5.82 Å². The third-order valence-electron chi connectivity index (χ3n) is 3.86. The van der Waals surface area contributed by atoms with Crippen molar-refractivity contribution < 1.29 is 4.39 Å². The van der Waals surface area contributed by atoms with Crippen LogP contribution in [-0.2, 0) is 6.54 Å². The summed E-state index contributed by atoms with van der Waals surface area (Å²) in [6.07, 6.45) is 4.86. The van der Waals surface area contributed by atoms with E-state index in [0.717, 1.165) is 26.1 Å². The molecule has 2 rings (SSSR count). The lowest BCUT2D eigenvalue weighted by atomic mass is 10.0. The molecule has 4 heteroatoms. The van der Waals surface area contributed by atoms with Crippen molar-refractivity contribution in [2.45, 2.75) is 45.2 Å². The number of piperidine rings is 1. The maximum absolute atomic E-state index is 14.0. The van der Waals surface area contributed by atoms with E-state index in [1.54, 1.807) is 6.07 Å². The number of nitrogens with zero attached hydrogens (tertiary/aromatic N) is 1. The van der Waals surface area contributed by atoms with Crippen molar-refractivity contribution in [1.29, 1.82) is 0 Å². The lowest BCUT2D eigenvalue weighted by Crippen LogP contribution is -2.43. The van der Waals surface area contributed by atoms with Crippen LogP contribution in [0.15, 0.2) is 18.2 Å². The molecule has 1 fully saturated rings. The van der Waals surface area contributed by atoms with Crippen LogP contribution in [0.25, 0.3) is 0 Å². The molecule has 112 valence electrons. The zero-order valence-corrected chi connectivity index (χ0v) is 12.9. The molecule has 1 aromatic rings. The molecule has 1 aliphatic heterocycles. The third-order valence-corrected chi connectivity index (χ3v) is 4.15. The zero-order valence-electron chi connectivity index (χ0n) is 12.2. The molecular weight excluding hydrogens is 275 g/mol. The van der Waals surface area contributed by atoms with Gasteiger partial charge in [0, 0.05) is 24.7 Å². The Morgan fingerprint density at radius 2 is 2.25 bits per heavy atom. The van der Waals surface area contributed by atoms with Crippen LogP contribution >= 0.6 is 11.6 Å². The predicted molar refractivity (Wildman–Crippen MR) is 82.6 cm³/mol. The fourth-order valence-corrected chi connectivity index (χ4v) is 3.05. The molecule has 1 N–H and O–H groups in total. The quantitative estimate of drug-likeness (QED) is 0.858. The molecule has 0 amide bonds. The van der Waals surface area contributed by atoms with Crippen LogP contribution in [0.1, 0.15) is 38.2 Å². The molecule has 1 unspecified atom stereocenters. The molecule has 0 radical (unpaired) electrons. The maximum Gasteiger partial charge on any atom is 0.146 e. The topological polar surface area (TPSA) is 15.3 Å². The normalized spacial score (nSPS) is 19.5. The average Bonchev–Trinajstić information content (AvgIpc) is 2.45. The first kappa shape index (κ1) is 15.7. The first-order valence-electron chi connectivity index (χ1n) is 7.59. The fraction of sp³-hybridized carbons (Fsp3) is 0.625. The van der Waals surface area contributed by atoms with Gasteiger partial charge in [0.15, 0.2) is 0 Å². The van der Waals surface area contributed by atoms with Crippen LogP contribution in [-0.4, -0.2) is 30.6 Å². The van der Waals surface area contributed by atoms with E-state index in [9.17, 15) is 4.39 Å². The second-order valence-electron chi connectivity index (χ2n) is 5.59. The van der Waals surface area contributed by atoms with E-state index >= 15 is 0 Å². The van der Waals surface area contributed by atoms with Gasteiger partial charge in [-0.25, -0.2) is 4.39 Å². The van der Waals surface area contributed by atoms with Gasteiger partial charge in [-0.2, -0.15) is 0 Å². The fourth-order valence-electron chi connectivity index (χ4n) is 2.85. The molecule has 1 heterocycles. The lowest BCUT2D eigenvalue weighted by Gasteiger charge is -2.30. The van der Waals surface area contributed by atoms with Crippen molar-refractivity contribution in [2.24, 2.45) is 0 Å². The summed E-state index contributed by atoms with van der Waals surface area (Å²) in [4.78, 5) is 2.33. The van der Waals surface area contributed by atoms with Crippen LogP contribution in [0.2, 0.25) is 5.02 Å². The Morgan fingerprint density at radius 3 is 2.95 bits per heavy atom. The van der Waals surface area contributed by atoms with Gasteiger partial charge >= 0.3 is 0 Å². The van der Waals surface area contributed by atoms with Gasteiger partial charge in [0.1, 0.15) is 5.82 Å². The summed E-state index contributed by atoms with van der Waals surface area (Å²) in [7, 11) is 0. The zero-order chi connectivity index (χ0) is 14.4. The molecule has 0 aliphatic carbocycles. The Kier molecular flexibility index (Phi) is 6.27. The summed E-state index contributed by atoms with van der Waals surface area (Å²) in [5.74, 6) is -0.271. The van der Waals surface area contributed by atoms with Crippen molar-refractivity contribution in [3.8, 4) is 0 Å². The standard InChI is InChI=1S/C16H24ClFN2/c1-2-10-20(12-14-7-3-4-9-19-14)11-13-6-5-8-15(17)16(13)18/h5-6,8,14,19H,2-4,7,9-12H2,1H3. The Hall–Kier alpha value is -0.640. The minimum Gasteiger partial charge on any atom is -0.313 e. The van der Waals surface area contributed by atoms with Gasteiger partial charge in [0.2, 0.25) is 0 Å². The van der Waals surface area contributed by atoms with Gasteiger partial charge in [-0.1, -0.05) is 37.1 Å². The second kappa shape index (κ2) is 7.96. The highest BCUT2D eigenvalue weighted by Gasteiger charge is 2.17. The summed E-state index contributed by atoms with van der Waals surface area (Å²) in [5, 5.41) is 3.78. The minimum atomic E-state index is -0.271. The van der Waals surface area contributed by atoms with Crippen molar-refractivity contribution in [3.05, 3.63) is 34.6 Å². The first-order chi connectivity index (χ1) is 9.70. The Morgan fingerprint density at radius 1 is 1.40 bits per heavy atom. The van der Waals surface area contributed by atoms with Crippen LogP contribution < -0.4 is 5.32 Å². The van der Waals surface area contributed by atoms with Crippen molar-refractivity contribution in [1.82, 2.24) is 10.2 Å². The van der Waals surface area contributed by atoms with Gasteiger partial charge in [0.25, 0.3) is 0 Å². The largest absolute Gasteiger partial charge is 0.313 e. The number of hydrogen-bond acceptors (Lipinski definition) is 2. The van der Waals surface area contributed by atoms with E-state index < -0.39 is 0 Å². The summed E-state index contributed by atoms with van der Waals surface area (Å²) >= 11 is 5.86. The van der Waals surface area contributed by atoms with Crippen LogP contribution in [0.4, 0.5) is 4.39 Å². The molecule has 0 spiro atoms. The van der Waals surface area contributed by atoms with E-state index in [1.165, 1.54) is 19.3 Å². The molecule has 0 saturated carbocycles. The number of hydrogen-bond donors (Lipinski definition) is 1. The molecule has 2 nitrogen and oxygen atoms in total. The van der Waals surface area contributed by atoms with E-state index in [-0.39, 0.29) is 10.8 Å². The summed E-state index contributed by atoms with van der Waals surface area (Å²) in [6.45, 7) is 5.88. The van der Waals surface area contributed by atoms with Crippen LogP contribution in [0.5, 0.6) is 0 Å². The van der Waals surface area contributed by atoms with Gasteiger partial charge < -0.3 is 5.32 Å². The molecule has 1 aliphatic rings. The highest BCUT2D eigenvalue weighted by molar-refractivity contribution is 6.30. The Labute approximate surface area is 126 Å². The van der Waals surface area contributed by atoms with Gasteiger partial charge in [-0.3, -0.25) is 4.90 Å². The monoisotopic (exact) mass is 298 g/mol. The lowest BCUT2D eigenvalue weighted by molar-refractivity contribution is 0.215. The molecular formula is C16H24ClFN2. The molecule has 1 aromatic carbocycles. The SMILES string of the molecule is CCCN(Cc1cccc(Cl)c1F)CC1CCCCN1. The smallest absolute Gasteiger partial charge is 0.146 e. The first-order valence-corrected chi connectivity index (χ1v) is 7.97. The molecule has 1 atom stereocenters. The number of rotatable bonds is 6. The highest BCUT2D eigenvalue weighted by atomic mass is 35.5. The van der Waals surface area contributed by atoms with E-state index in [4.69, 9.17) is 11.6 Å². The van der Waals surface area contributed by atoms with Gasteiger partial charge in [-0.05, 0) is 38.4 Å². The molecule has 0 aromatic heterocycles. The molecule has 0 bridgehead atoms. The van der Waals surface area contributed by atoms with E-state index in [2.05, 4.69) is 17.1 Å².